The van der Waals surface area contributed by atoms with Crippen LogP contribution in [0.25, 0.3) is 5.57 Å². The Morgan fingerprint density at radius 2 is 1.35 bits per heavy atom. The molecule has 102 valence electrons. The van der Waals surface area contributed by atoms with Gasteiger partial charge in [0.05, 0.1) is 34.2 Å². The molecule has 0 saturated heterocycles. The molecule has 6 heteroatoms. The molecule has 0 radical (unpaired) electrons. The van der Waals surface area contributed by atoms with Gasteiger partial charge in [0.1, 0.15) is 0 Å². The average Bonchev–Trinajstić information content (AvgIpc) is 2.80. The molecule has 0 bridgehead atoms. The summed E-state index contributed by atoms with van der Waals surface area (Å²) in [5.74, 6) is 0. The molecule has 0 heterocycles. The number of hydrogen-bond acceptors (Lipinski definition) is 6. The predicted octanol–water partition coefficient (Wildman–Crippen LogP) is 0.953. The Kier molecular flexibility index (Phi) is 2.17. The summed E-state index contributed by atoms with van der Waals surface area (Å²) in [6.45, 7) is 1.95. The van der Waals surface area contributed by atoms with Crippen LogP contribution < -0.4 is 28.7 Å². The van der Waals surface area contributed by atoms with Gasteiger partial charge in [0, 0.05) is 16.7 Å². The van der Waals surface area contributed by atoms with Crippen molar-refractivity contribution in [3.63, 3.8) is 0 Å². The number of fused-ring (bicyclic) bond motifs is 3. The third-order valence-electron chi connectivity index (χ3n) is 3.88. The molecule has 2 aliphatic rings. The Bertz CT molecular complexity index is 780. The third kappa shape index (κ3) is 1.20. The second-order valence-corrected chi connectivity index (χ2v) is 5.00. The molecule has 6 nitrogen and oxygen atoms in total. The van der Waals surface area contributed by atoms with E-state index in [1.165, 1.54) is 0 Å². The lowest BCUT2D eigenvalue weighted by Gasteiger charge is -2.27. The van der Waals surface area contributed by atoms with Gasteiger partial charge >= 0.3 is 0 Å². The van der Waals surface area contributed by atoms with E-state index in [0.29, 0.717) is 22.5 Å². The molecule has 0 spiro atoms. The minimum Gasteiger partial charge on any atom is -0.396 e. The largest absolute Gasteiger partial charge is 0.396 e. The highest BCUT2D eigenvalue weighted by atomic mass is 14.8. The molecule has 2 aliphatic carbocycles. The van der Waals surface area contributed by atoms with Crippen LogP contribution >= 0.6 is 0 Å². The Hall–Kier alpha value is -2.89. The Morgan fingerprint density at radius 1 is 0.800 bits per heavy atom. The van der Waals surface area contributed by atoms with Crippen molar-refractivity contribution in [3.05, 3.63) is 40.1 Å². The van der Waals surface area contributed by atoms with Gasteiger partial charge in [-0.15, -0.1) is 0 Å². The van der Waals surface area contributed by atoms with Crippen LogP contribution in [0.5, 0.6) is 0 Å². The number of benzene rings is 1. The number of nitrogen functional groups attached to an aromatic ring is 4. The van der Waals surface area contributed by atoms with Crippen LogP contribution in [0.4, 0.5) is 22.7 Å². The van der Waals surface area contributed by atoms with E-state index < -0.39 is 0 Å². The lowest BCUT2D eigenvalue weighted by molar-refractivity contribution is 1.32. The Balaban J connectivity index is 2.52. The zero-order valence-electron chi connectivity index (χ0n) is 11.0. The summed E-state index contributed by atoms with van der Waals surface area (Å²) in [4.78, 5) is 0. The Labute approximate surface area is 116 Å². The van der Waals surface area contributed by atoms with Crippen molar-refractivity contribution in [1.29, 1.82) is 5.41 Å². The number of nitrogens with two attached hydrogens (primary N) is 5. The second kappa shape index (κ2) is 3.57. The predicted molar refractivity (Wildman–Crippen MR) is 83.9 cm³/mol. The highest BCUT2D eigenvalue weighted by Crippen LogP contribution is 2.48. The SMILES string of the molecule is CC1=C2C(=C(N)C(=N)c3c(N)c(N)c(N)c(N)c32)C=C1. The van der Waals surface area contributed by atoms with Gasteiger partial charge in [-0.3, -0.25) is 5.41 Å². The minimum absolute atomic E-state index is 0.133. The van der Waals surface area contributed by atoms with Gasteiger partial charge in [-0.05, 0) is 18.1 Å². The summed E-state index contributed by atoms with van der Waals surface area (Å²) >= 11 is 0. The lowest BCUT2D eigenvalue weighted by atomic mass is 9.81. The van der Waals surface area contributed by atoms with E-state index in [0.717, 1.165) is 16.7 Å². The first-order chi connectivity index (χ1) is 9.36. The van der Waals surface area contributed by atoms with Gasteiger partial charge < -0.3 is 28.7 Å². The first-order valence-corrected chi connectivity index (χ1v) is 6.10. The minimum atomic E-state index is 0.133. The second-order valence-electron chi connectivity index (χ2n) is 5.00. The molecule has 1 aromatic carbocycles. The van der Waals surface area contributed by atoms with Crippen LogP contribution in [0.2, 0.25) is 0 Å². The zero-order valence-corrected chi connectivity index (χ0v) is 11.0. The first-order valence-electron chi connectivity index (χ1n) is 6.10. The fourth-order valence-corrected chi connectivity index (χ4v) is 2.76. The van der Waals surface area contributed by atoms with Gasteiger partial charge in [0.2, 0.25) is 0 Å². The molecule has 0 saturated carbocycles. The molecule has 20 heavy (non-hydrogen) atoms. The molecule has 0 aliphatic heterocycles. The zero-order chi connectivity index (χ0) is 14.8. The summed E-state index contributed by atoms with van der Waals surface area (Å²) in [5.41, 5.74) is 35.3. The smallest absolute Gasteiger partial charge is 0.0876 e. The van der Waals surface area contributed by atoms with Crippen molar-refractivity contribution < 1.29 is 0 Å². The molecule has 1 aromatic rings. The summed E-state index contributed by atoms with van der Waals surface area (Å²) in [6.07, 6.45) is 3.81. The van der Waals surface area contributed by atoms with Gasteiger partial charge in [0.15, 0.2) is 0 Å². The van der Waals surface area contributed by atoms with Crippen molar-refractivity contribution in [3.8, 4) is 0 Å². The number of allylic oxidation sites excluding steroid dienone is 6. The van der Waals surface area contributed by atoms with Crippen LogP contribution in [-0.4, -0.2) is 5.71 Å². The van der Waals surface area contributed by atoms with Crippen molar-refractivity contribution in [2.45, 2.75) is 6.92 Å². The molecule has 0 amide bonds. The number of rotatable bonds is 0. The molecule has 0 unspecified atom stereocenters. The van der Waals surface area contributed by atoms with E-state index in [4.69, 9.17) is 34.1 Å². The van der Waals surface area contributed by atoms with Gasteiger partial charge in [-0.2, -0.15) is 0 Å². The van der Waals surface area contributed by atoms with Crippen LogP contribution in [-0.2, 0) is 0 Å². The van der Waals surface area contributed by atoms with Crippen molar-refractivity contribution in [2.75, 3.05) is 22.9 Å². The third-order valence-corrected chi connectivity index (χ3v) is 3.88. The molecule has 11 N–H and O–H groups in total. The molecule has 0 atom stereocenters. The van der Waals surface area contributed by atoms with Crippen LogP contribution in [0.1, 0.15) is 18.1 Å². The maximum absolute atomic E-state index is 8.23. The maximum Gasteiger partial charge on any atom is 0.0876 e. The molecule has 0 fully saturated rings. The van der Waals surface area contributed by atoms with E-state index in [2.05, 4.69) is 0 Å². The van der Waals surface area contributed by atoms with E-state index in [9.17, 15) is 0 Å². The van der Waals surface area contributed by atoms with E-state index in [1.54, 1.807) is 0 Å². The van der Waals surface area contributed by atoms with Gasteiger partial charge in [-0.1, -0.05) is 12.2 Å². The number of nitrogens with one attached hydrogen (secondary N) is 1. The number of hydrogen-bond donors (Lipinski definition) is 6. The van der Waals surface area contributed by atoms with Crippen molar-refractivity contribution in [2.24, 2.45) is 5.73 Å². The monoisotopic (exact) mass is 268 g/mol. The lowest BCUT2D eigenvalue weighted by Crippen LogP contribution is -2.24. The maximum atomic E-state index is 8.23. The highest BCUT2D eigenvalue weighted by Gasteiger charge is 2.33. The molecular formula is C14H16N6. The topological polar surface area (TPSA) is 154 Å². The summed E-state index contributed by atoms with van der Waals surface area (Å²) < 4.78 is 0. The fraction of sp³-hybridized carbons (Fsp3) is 0.0714. The summed E-state index contributed by atoms with van der Waals surface area (Å²) in [6, 6.07) is 0. The standard InChI is InChI=1S/C14H16N6/c1-4-2-3-5-6(4)7-8(11(17)9(5)15)12(18)14(20)13(19)10(7)16/h2-3,17H,15-16,18-20H2,1H3. The van der Waals surface area contributed by atoms with Crippen molar-refractivity contribution in [1.82, 2.24) is 0 Å². The van der Waals surface area contributed by atoms with Gasteiger partial charge in [0.25, 0.3) is 0 Å². The Morgan fingerprint density at radius 3 is 1.95 bits per heavy atom. The normalized spacial score (nSPS) is 16.8. The fourth-order valence-electron chi connectivity index (χ4n) is 2.76. The van der Waals surface area contributed by atoms with Crippen LogP contribution in [0.3, 0.4) is 0 Å². The summed E-state index contributed by atoms with van der Waals surface area (Å²) in [7, 11) is 0. The van der Waals surface area contributed by atoms with E-state index >= 15 is 0 Å². The van der Waals surface area contributed by atoms with Crippen LogP contribution in [0.15, 0.2) is 29.0 Å². The van der Waals surface area contributed by atoms with E-state index in [1.807, 2.05) is 19.1 Å². The first kappa shape index (κ1) is 12.2. The van der Waals surface area contributed by atoms with Crippen LogP contribution in [0, 0.1) is 5.41 Å². The molecule has 3 rings (SSSR count). The van der Waals surface area contributed by atoms with Crippen molar-refractivity contribution >= 4 is 34.0 Å². The molecule has 0 aromatic heterocycles. The average molecular weight is 268 g/mol. The number of anilines is 4. The highest BCUT2D eigenvalue weighted by molar-refractivity contribution is 6.25. The molecular weight excluding hydrogens is 252 g/mol. The van der Waals surface area contributed by atoms with E-state index in [-0.39, 0.29) is 22.8 Å². The quantitative estimate of drug-likeness (QED) is 0.386. The summed E-state index contributed by atoms with van der Waals surface area (Å²) in [5, 5.41) is 8.23. The van der Waals surface area contributed by atoms with Gasteiger partial charge in [-0.25, -0.2) is 0 Å².